The summed E-state index contributed by atoms with van der Waals surface area (Å²) in [5.74, 6) is -0.524. The summed E-state index contributed by atoms with van der Waals surface area (Å²) in [6.45, 7) is 5.33. The molecule has 0 aliphatic carbocycles. The lowest BCUT2D eigenvalue weighted by atomic mass is 9.87. The molecule has 3 N–H and O–H groups in total. The van der Waals surface area contributed by atoms with E-state index in [0.29, 0.717) is 0 Å². The quantitative estimate of drug-likeness (QED) is 0.850. The Kier molecular flexibility index (Phi) is 4.86. The number of nitrogens with two attached hydrogens (primary N) is 1. The van der Waals surface area contributed by atoms with E-state index >= 15 is 0 Å². The first-order valence-corrected chi connectivity index (χ1v) is 6.65. The number of nitrogens with one attached hydrogen (secondary N) is 1. The van der Waals surface area contributed by atoms with E-state index in [1.54, 1.807) is 20.8 Å². The molecule has 1 atom stereocenters. The summed E-state index contributed by atoms with van der Waals surface area (Å²) < 4.78 is 38.3. The van der Waals surface area contributed by atoms with Gasteiger partial charge in [0.15, 0.2) is 0 Å². The van der Waals surface area contributed by atoms with E-state index in [-0.39, 0.29) is 10.2 Å². The van der Waals surface area contributed by atoms with Gasteiger partial charge >= 0.3 is 6.18 Å². The van der Waals surface area contributed by atoms with Crippen LogP contribution in [0.5, 0.6) is 0 Å². The SMILES string of the molecule is CC(C)(C)C(N)C(=O)Nc1cc(Br)cc(C(F)(F)F)c1. The third-order valence-corrected chi connectivity index (χ3v) is 3.17. The monoisotopic (exact) mass is 352 g/mol. The van der Waals surface area contributed by atoms with Crippen LogP contribution < -0.4 is 11.1 Å². The van der Waals surface area contributed by atoms with Crippen LogP contribution in [0, 0.1) is 5.41 Å². The molecule has 3 nitrogen and oxygen atoms in total. The van der Waals surface area contributed by atoms with E-state index in [1.807, 2.05) is 0 Å². The third kappa shape index (κ3) is 4.49. The highest BCUT2D eigenvalue weighted by Crippen LogP contribution is 2.33. The number of amides is 1. The van der Waals surface area contributed by atoms with Crippen LogP contribution in [-0.4, -0.2) is 11.9 Å². The Morgan fingerprint density at radius 3 is 2.25 bits per heavy atom. The molecule has 0 aliphatic heterocycles. The van der Waals surface area contributed by atoms with Crippen LogP contribution >= 0.6 is 15.9 Å². The minimum atomic E-state index is -4.48. The number of carbonyl (C=O) groups is 1. The minimum absolute atomic E-state index is 0.0522. The Morgan fingerprint density at radius 1 is 1.25 bits per heavy atom. The molecule has 1 aromatic rings. The normalized spacial score (nSPS) is 14.0. The second-order valence-electron chi connectivity index (χ2n) is 5.56. The number of benzene rings is 1. The zero-order valence-electron chi connectivity index (χ0n) is 11.3. The standard InChI is InChI=1S/C13H16BrF3N2O/c1-12(2,3)10(18)11(20)19-9-5-7(13(15,16)17)4-8(14)6-9/h4-6,10H,18H2,1-3H3,(H,19,20). The fourth-order valence-corrected chi connectivity index (χ4v) is 1.93. The second-order valence-corrected chi connectivity index (χ2v) is 6.47. The summed E-state index contributed by atoms with van der Waals surface area (Å²) in [4.78, 5) is 11.9. The molecule has 0 radical (unpaired) electrons. The van der Waals surface area contributed by atoms with Crippen LogP contribution in [0.15, 0.2) is 22.7 Å². The Hall–Kier alpha value is -1.08. The van der Waals surface area contributed by atoms with Crippen molar-refractivity contribution >= 4 is 27.5 Å². The molecule has 0 saturated heterocycles. The number of alkyl halides is 3. The smallest absolute Gasteiger partial charge is 0.325 e. The van der Waals surface area contributed by atoms with E-state index in [4.69, 9.17) is 5.73 Å². The molecule has 0 heterocycles. The molecule has 1 unspecified atom stereocenters. The average Bonchev–Trinajstić information content (AvgIpc) is 2.24. The van der Waals surface area contributed by atoms with Gasteiger partial charge in [0.05, 0.1) is 11.6 Å². The maximum atomic E-state index is 12.7. The third-order valence-electron chi connectivity index (χ3n) is 2.71. The van der Waals surface area contributed by atoms with Gasteiger partial charge in [-0.05, 0) is 23.6 Å². The Labute approximate surface area is 123 Å². The van der Waals surface area contributed by atoms with Gasteiger partial charge in [-0.1, -0.05) is 36.7 Å². The van der Waals surface area contributed by atoms with Crippen LogP contribution in [0.4, 0.5) is 18.9 Å². The summed E-state index contributed by atoms with van der Waals surface area (Å²) in [5, 5.41) is 2.41. The topological polar surface area (TPSA) is 55.1 Å². The van der Waals surface area contributed by atoms with Crippen LogP contribution in [0.3, 0.4) is 0 Å². The molecule has 0 aromatic heterocycles. The number of halogens is 4. The molecule has 1 rings (SSSR count). The van der Waals surface area contributed by atoms with Crippen molar-refractivity contribution in [3.8, 4) is 0 Å². The van der Waals surface area contributed by atoms with Crippen molar-refractivity contribution in [3.05, 3.63) is 28.2 Å². The van der Waals surface area contributed by atoms with Gasteiger partial charge in [-0.15, -0.1) is 0 Å². The molecule has 1 aromatic carbocycles. The largest absolute Gasteiger partial charge is 0.416 e. The highest BCUT2D eigenvalue weighted by molar-refractivity contribution is 9.10. The van der Waals surface area contributed by atoms with E-state index in [0.717, 1.165) is 12.1 Å². The first kappa shape index (κ1) is 17.0. The number of carbonyl (C=O) groups excluding carboxylic acids is 1. The Morgan fingerprint density at radius 2 is 1.80 bits per heavy atom. The van der Waals surface area contributed by atoms with Gasteiger partial charge in [0.2, 0.25) is 5.91 Å². The van der Waals surface area contributed by atoms with Gasteiger partial charge in [0.25, 0.3) is 0 Å². The first-order valence-electron chi connectivity index (χ1n) is 5.85. The van der Waals surface area contributed by atoms with Gasteiger partial charge in [0.1, 0.15) is 0 Å². The summed E-state index contributed by atoms with van der Waals surface area (Å²) in [7, 11) is 0. The molecule has 0 aliphatic rings. The molecule has 1 amide bonds. The molecule has 0 bridgehead atoms. The lowest BCUT2D eigenvalue weighted by Crippen LogP contribution is -2.45. The molecule has 112 valence electrons. The second kappa shape index (κ2) is 5.73. The van der Waals surface area contributed by atoms with Crippen molar-refractivity contribution in [1.29, 1.82) is 0 Å². The minimum Gasteiger partial charge on any atom is -0.325 e. The maximum absolute atomic E-state index is 12.7. The molecular formula is C13H16BrF3N2O. The van der Waals surface area contributed by atoms with Gasteiger partial charge in [-0.3, -0.25) is 4.79 Å². The van der Waals surface area contributed by atoms with E-state index in [2.05, 4.69) is 21.2 Å². The van der Waals surface area contributed by atoms with Crippen molar-refractivity contribution in [2.24, 2.45) is 11.1 Å². The molecular weight excluding hydrogens is 337 g/mol. The summed E-state index contributed by atoms with van der Waals surface area (Å²) >= 11 is 2.99. The van der Waals surface area contributed by atoms with Crippen molar-refractivity contribution in [2.45, 2.75) is 33.0 Å². The van der Waals surface area contributed by atoms with Gasteiger partial charge in [0, 0.05) is 10.2 Å². The number of hydrogen-bond donors (Lipinski definition) is 2. The van der Waals surface area contributed by atoms with Crippen LogP contribution in [-0.2, 0) is 11.0 Å². The van der Waals surface area contributed by atoms with E-state index in [1.165, 1.54) is 6.07 Å². The number of anilines is 1. The first-order chi connectivity index (χ1) is 8.91. The van der Waals surface area contributed by atoms with Gasteiger partial charge < -0.3 is 11.1 Å². The molecule has 0 spiro atoms. The highest BCUT2D eigenvalue weighted by Gasteiger charge is 2.32. The molecule has 7 heteroatoms. The Balaban J connectivity index is 2.99. The van der Waals surface area contributed by atoms with Gasteiger partial charge in [-0.25, -0.2) is 0 Å². The summed E-state index contributed by atoms with van der Waals surface area (Å²) in [6.07, 6.45) is -4.48. The number of hydrogen-bond acceptors (Lipinski definition) is 2. The zero-order valence-corrected chi connectivity index (χ0v) is 12.9. The average molecular weight is 353 g/mol. The zero-order chi connectivity index (χ0) is 15.7. The van der Waals surface area contributed by atoms with Gasteiger partial charge in [-0.2, -0.15) is 13.2 Å². The van der Waals surface area contributed by atoms with Crippen LogP contribution in [0.1, 0.15) is 26.3 Å². The number of rotatable bonds is 2. The van der Waals surface area contributed by atoms with Crippen molar-refractivity contribution < 1.29 is 18.0 Å². The summed E-state index contributed by atoms with van der Waals surface area (Å²) in [5.41, 5.74) is 4.49. The molecule has 0 fully saturated rings. The summed E-state index contributed by atoms with van der Waals surface area (Å²) in [6, 6.07) is 2.38. The van der Waals surface area contributed by atoms with E-state index in [9.17, 15) is 18.0 Å². The predicted molar refractivity (Wildman–Crippen MR) is 75.2 cm³/mol. The van der Waals surface area contributed by atoms with Crippen molar-refractivity contribution in [3.63, 3.8) is 0 Å². The molecule has 20 heavy (non-hydrogen) atoms. The lowest BCUT2D eigenvalue weighted by molar-refractivity contribution is -0.137. The molecule has 0 saturated carbocycles. The fraction of sp³-hybridized carbons (Fsp3) is 0.462. The van der Waals surface area contributed by atoms with Crippen LogP contribution in [0.25, 0.3) is 0 Å². The Bertz CT molecular complexity index is 509. The fourth-order valence-electron chi connectivity index (χ4n) is 1.44. The predicted octanol–water partition coefficient (Wildman–Crippen LogP) is 3.78. The maximum Gasteiger partial charge on any atom is 0.416 e. The van der Waals surface area contributed by atoms with E-state index < -0.39 is 29.1 Å². The van der Waals surface area contributed by atoms with Crippen LogP contribution in [0.2, 0.25) is 0 Å². The lowest BCUT2D eigenvalue weighted by Gasteiger charge is -2.26. The van der Waals surface area contributed by atoms with Crippen molar-refractivity contribution in [1.82, 2.24) is 0 Å². The highest BCUT2D eigenvalue weighted by atomic mass is 79.9. The van der Waals surface area contributed by atoms with Crippen molar-refractivity contribution in [2.75, 3.05) is 5.32 Å².